The van der Waals surface area contributed by atoms with Crippen LogP contribution in [0.25, 0.3) is 0 Å². The van der Waals surface area contributed by atoms with Crippen LogP contribution in [0.5, 0.6) is 0 Å². The van der Waals surface area contributed by atoms with Gasteiger partial charge in [0.1, 0.15) is 6.10 Å². The first-order valence-corrected chi connectivity index (χ1v) is 7.76. The SMILES string of the molecule is CN=C(NCc1ccn(C)c1)NCC(O)c1ccc(Cl)s1. The van der Waals surface area contributed by atoms with E-state index >= 15 is 0 Å². The Labute approximate surface area is 133 Å². The molecular weight excluding hydrogens is 308 g/mol. The zero-order valence-electron chi connectivity index (χ0n) is 12.0. The van der Waals surface area contributed by atoms with Gasteiger partial charge in [-0.3, -0.25) is 4.99 Å². The average Bonchev–Trinajstić information content (AvgIpc) is 3.07. The predicted molar refractivity (Wildman–Crippen MR) is 87.9 cm³/mol. The van der Waals surface area contributed by atoms with Gasteiger partial charge >= 0.3 is 0 Å². The highest BCUT2D eigenvalue weighted by molar-refractivity contribution is 7.16. The highest BCUT2D eigenvalue weighted by atomic mass is 35.5. The Bertz CT molecular complexity index is 608. The van der Waals surface area contributed by atoms with E-state index < -0.39 is 6.10 Å². The normalized spacial score (nSPS) is 13.2. The van der Waals surface area contributed by atoms with Crippen molar-refractivity contribution in [3.63, 3.8) is 0 Å². The molecule has 0 aromatic carbocycles. The molecule has 0 bridgehead atoms. The number of hydrogen-bond donors (Lipinski definition) is 3. The summed E-state index contributed by atoms with van der Waals surface area (Å²) in [6.45, 7) is 1.06. The van der Waals surface area contributed by atoms with Crippen LogP contribution in [-0.2, 0) is 13.6 Å². The summed E-state index contributed by atoms with van der Waals surface area (Å²) in [4.78, 5) is 4.97. The Morgan fingerprint density at radius 1 is 1.43 bits per heavy atom. The summed E-state index contributed by atoms with van der Waals surface area (Å²) in [7, 11) is 3.69. The molecule has 0 aliphatic heterocycles. The second kappa shape index (κ2) is 7.49. The van der Waals surface area contributed by atoms with Gasteiger partial charge in [0.2, 0.25) is 0 Å². The maximum Gasteiger partial charge on any atom is 0.191 e. The lowest BCUT2D eigenvalue weighted by Gasteiger charge is -2.14. The van der Waals surface area contributed by atoms with Gasteiger partial charge < -0.3 is 20.3 Å². The van der Waals surface area contributed by atoms with E-state index in [0.717, 1.165) is 4.88 Å². The Balaban J connectivity index is 1.80. The van der Waals surface area contributed by atoms with E-state index in [4.69, 9.17) is 11.6 Å². The molecule has 2 aromatic heterocycles. The number of aliphatic hydroxyl groups is 1. The number of aryl methyl sites for hydroxylation is 1. The lowest BCUT2D eigenvalue weighted by atomic mass is 10.3. The number of rotatable bonds is 5. The summed E-state index contributed by atoms with van der Waals surface area (Å²) in [5.41, 5.74) is 1.17. The van der Waals surface area contributed by atoms with Crippen LogP contribution < -0.4 is 10.6 Å². The third-order valence-corrected chi connectivity index (χ3v) is 4.29. The van der Waals surface area contributed by atoms with Gasteiger partial charge in [0, 0.05) is 44.5 Å². The molecule has 2 rings (SSSR count). The summed E-state index contributed by atoms with van der Waals surface area (Å²) in [6.07, 6.45) is 3.44. The van der Waals surface area contributed by atoms with Gasteiger partial charge in [-0.05, 0) is 23.8 Å². The summed E-state index contributed by atoms with van der Waals surface area (Å²) < 4.78 is 2.67. The molecule has 0 radical (unpaired) electrons. The number of nitrogens with one attached hydrogen (secondary N) is 2. The first-order chi connectivity index (χ1) is 10.1. The molecule has 21 heavy (non-hydrogen) atoms. The first kappa shape index (κ1) is 15.9. The van der Waals surface area contributed by atoms with Crippen molar-refractivity contribution in [1.82, 2.24) is 15.2 Å². The fourth-order valence-corrected chi connectivity index (χ4v) is 2.92. The number of hydrogen-bond acceptors (Lipinski definition) is 3. The van der Waals surface area contributed by atoms with Crippen LogP contribution in [0.15, 0.2) is 35.6 Å². The molecular formula is C14H19ClN4OS. The van der Waals surface area contributed by atoms with Gasteiger partial charge in [0.25, 0.3) is 0 Å². The Hall–Kier alpha value is -1.50. The summed E-state index contributed by atoms with van der Waals surface area (Å²) >= 11 is 7.24. The monoisotopic (exact) mass is 326 g/mol. The molecule has 0 fully saturated rings. The topological polar surface area (TPSA) is 61.6 Å². The number of thiophene rings is 1. The summed E-state index contributed by atoms with van der Waals surface area (Å²) in [5.74, 6) is 0.653. The lowest BCUT2D eigenvalue weighted by Crippen LogP contribution is -2.38. The van der Waals surface area contributed by atoms with Gasteiger partial charge in [0.15, 0.2) is 5.96 Å². The molecule has 0 spiro atoms. The van der Waals surface area contributed by atoms with E-state index in [1.165, 1.54) is 16.9 Å². The van der Waals surface area contributed by atoms with E-state index in [-0.39, 0.29) is 0 Å². The molecule has 114 valence electrons. The third-order valence-electron chi connectivity index (χ3n) is 2.96. The fraction of sp³-hybridized carbons (Fsp3) is 0.357. The molecule has 0 amide bonds. The van der Waals surface area contributed by atoms with Crippen LogP contribution in [0, 0.1) is 0 Å². The van der Waals surface area contributed by atoms with Gasteiger partial charge in [0.05, 0.1) is 4.34 Å². The van der Waals surface area contributed by atoms with Crippen molar-refractivity contribution in [2.45, 2.75) is 12.6 Å². The van der Waals surface area contributed by atoms with Crippen molar-refractivity contribution < 1.29 is 5.11 Å². The minimum Gasteiger partial charge on any atom is -0.386 e. The van der Waals surface area contributed by atoms with Crippen molar-refractivity contribution in [2.24, 2.45) is 12.0 Å². The maximum atomic E-state index is 10.1. The molecule has 2 heterocycles. The third kappa shape index (κ3) is 4.77. The van der Waals surface area contributed by atoms with E-state index in [1.54, 1.807) is 13.1 Å². The van der Waals surface area contributed by atoms with Crippen molar-refractivity contribution in [3.05, 3.63) is 45.4 Å². The lowest BCUT2D eigenvalue weighted by molar-refractivity contribution is 0.184. The molecule has 0 saturated heterocycles. The van der Waals surface area contributed by atoms with Crippen LogP contribution in [-0.4, -0.2) is 29.2 Å². The van der Waals surface area contributed by atoms with Crippen molar-refractivity contribution in [1.29, 1.82) is 0 Å². The van der Waals surface area contributed by atoms with Gasteiger partial charge in [-0.15, -0.1) is 11.3 Å². The van der Waals surface area contributed by atoms with Gasteiger partial charge in [-0.2, -0.15) is 0 Å². The zero-order chi connectivity index (χ0) is 15.2. The first-order valence-electron chi connectivity index (χ1n) is 6.57. The predicted octanol–water partition coefficient (Wildman–Crippen LogP) is 2.14. The number of nitrogens with zero attached hydrogens (tertiary/aromatic N) is 2. The van der Waals surface area contributed by atoms with E-state index in [2.05, 4.69) is 15.6 Å². The minimum atomic E-state index is -0.599. The zero-order valence-corrected chi connectivity index (χ0v) is 13.6. The fourth-order valence-electron chi connectivity index (χ4n) is 1.87. The molecule has 7 heteroatoms. The number of guanidine groups is 1. The second-order valence-corrected chi connectivity index (χ2v) is 6.40. The van der Waals surface area contributed by atoms with E-state index in [0.29, 0.717) is 23.4 Å². The van der Waals surface area contributed by atoms with Crippen LogP contribution in [0.1, 0.15) is 16.5 Å². The molecule has 0 aliphatic rings. The summed E-state index contributed by atoms with van der Waals surface area (Å²) in [6, 6.07) is 5.66. The molecule has 1 atom stereocenters. The molecule has 1 unspecified atom stereocenters. The van der Waals surface area contributed by atoms with Crippen molar-refractivity contribution in [3.8, 4) is 0 Å². The largest absolute Gasteiger partial charge is 0.386 e. The van der Waals surface area contributed by atoms with E-state index in [9.17, 15) is 5.11 Å². The standard InChI is InChI=1S/C14H19ClN4OS/c1-16-14(17-7-10-5-6-19(2)9-10)18-8-11(20)12-3-4-13(15)21-12/h3-6,9,11,20H,7-8H2,1-2H3,(H2,16,17,18). The Morgan fingerprint density at radius 2 is 2.24 bits per heavy atom. The second-order valence-electron chi connectivity index (χ2n) is 4.65. The Kier molecular flexibility index (Phi) is 5.67. The number of aliphatic hydroxyl groups excluding tert-OH is 1. The molecule has 0 saturated carbocycles. The van der Waals surface area contributed by atoms with Crippen LogP contribution >= 0.6 is 22.9 Å². The average molecular weight is 327 g/mol. The Morgan fingerprint density at radius 3 is 2.81 bits per heavy atom. The quantitative estimate of drug-likeness (QED) is 0.583. The van der Waals surface area contributed by atoms with Crippen molar-refractivity contribution in [2.75, 3.05) is 13.6 Å². The minimum absolute atomic E-state index is 0.380. The summed E-state index contributed by atoms with van der Waals surface area (Å²) in [5, 5.41) is 16.4. The molecule has 3 N–H and O–H groups in total. The molecule has 5 nitrogen and oxygen atoms in total. The highest BCUT2D eigenvalue weighted by Gasteiger charge is 2.10. The van der Waals surface area contributed by atoms with Crippen LogP contribution in [0.2, 0.25) is 4.34 Å². The maximum absolute atomic E-state index is 10.1. The number of halogens is 1. The molecule has 0 aliphatic carbocycles. The van der Waals surface area contributed by atoms with Gasteiger partial charge in [-0.25, -0.2) is 0 Å². The number of aromatic nitrogens is 1. The van der Waals surface area contributed by atoms with E-state index in [1.807, 2.05) is 36.1 Å². The van der Waals surface area contributed by atoms with Crippen LogP contribution in [0.3, 0.4) is 0 Å². The number of aliphatic imine (C=N–C) groups is 1. The van der Waals surface area contributed by atoms with Crippen LogP contribution in [0.4, 0.5) is 0 Å². The molecule has 2 aromatic rings. The van der Waals surface area contributed by atoms with Crippen molar-refractivity contribution >= 4 is 28.9 Å². The van der Waals surface area contributed by atoms with Gasteiger partial charge in [-0.1, -0.05) is 11.6 Å². The smallest absolute Gasteiger partial charge is 0.191 e. The highest BCUT2D eigenvalue weighted by Crippen LogP contribution is 2.26.